The van der Waals surface area contributed by atoms with E-state index in [1.165, 1.54) is 11.3 Å². The molecule has 0 fully saturated rings. The molecular formula is C14H28IN5S. The minimum Gasteiger partial charge on any atom is -0.356 e. The van der Waals surface area contributed by atoms with Crippen LogP contribution in [0.4, 0.5) is 0 Å². The second-order valence-corrected chi connectivity index (χ2v) is 6.00. The smallest absolute Gasteiger partial charge is 0.191 e. The largest absolute Gasteiger partial charge is 0.356 e. The second kappa shape index (κ2) is 10.3. The van der Waals surface area contributed by atoms with Gasteiger partial charge in [0.15, 0.2) is 5.96 Å². The van der Waals surface area contributed by atoms with Crippen molar-refractivity contribution in [3.63, 3.8) is 0 Å². The summed E-state index contributed by atoms with van der Waals surface area (Å²) in [7, 11) is 3.80. The van der Waals surface area contributed by atoms with Gasteiger partial charge in [-0.2, -0.15) is 16.9 Å². The summed E-state index contributed by atoms with van der Waals surface area (Å²) in [5.41, 5.74) is 3.68. The highest BCUT2D eigenvalue weighted by molar-refractivity contribution is 14.0. The van der Waals surface area contributed by atoms with Crippen molar-refractivity contribution in [1.82, 2.24) is 20.4 Å². The topological polar surface area (TPSA) is 54.2 Å². The number of halogens is 1. The summed E-state index contributed by atoms with van der Waals surface area (Å²) < 4.78 is 1.95. The van der Waals surface area contributed by atoms with Crippen LogP contribution in [0.1, 0.15) is 23.9 Å². The first-order chi connectivity index (χ1) is 9.49. The van der Waals surface area contributed by atoms with E-state index in [1.807, 2.05) is 30.5 Å². The zero-order valence-electron chi connectivity index (χ0n) is 13.9. The zero-order chi connectivity index (χ0) is 15.1. The summed E-state index contributed by atoms with van der Waals surface area (Å²) in [6.45, 7) is 7.29. The van der Waals surface area contributed by atoms with Crippen LogP contribution in [0.5, 0.6) is 0 Å². The molecule has 7 heteroatoms. The minimum absolute atomic E-state index is 0. The van der Waals surface area contributed by atoms with Gasteiger partial charge < -0.3 is 10.6 Å². The fourth-order valence-corrected chi connectivity index (χ4v) is 2.48. The van der Waals surface area contributed by atoms with Crippen LogP contribution in [0.3, 0.4) is 0 Å². The van der Waals surface area contributed by atoms with Crippen molar-refractivity contribution in [3.8, 4) is 0 Å². The highest BCUT2D eigenvalue weighted by Gasteiger charge is 2.13. The molecule has 0 bridgehead atoms. The van der Waals surface area contributed by atoms with Crippen molar-refractivity contribution in [2.75, 3.05) is 25.6 Å². The van der Waals surface area contributed by atoms with E-state index in [4.69, 9.17) is 0 Å². The summed E-state index contributed by atoms with van der Waals surface area (Å²) >= 11 is 1.83. The Hall–Kier alpha value is -0.440. The fraction of sp³-hybridized carbons (Fsp3) is 0.714. The Labute approximate surface area is 149 Å². The van der Waals surface area contributed by atoms with Crippen LogP contribution in [-0.2, 0) is 13.5 Å². The molecular weight excluding hydrogens is 397 g/mol. The molecule has 0 aromatic carbocycles. The maximum atomic E-state index is 4.46. The molecule has 21 heavy (non-hydrogen) atoms. The van der Waals surface area contributed by atoms with Gasteiger partial charge in [-0.05, 0) is 39.0 Å². The first kappa shape index (κ1) is 20.6. The number of nitrogens with zero attached hydrogens (tertiary/aromatic N) is 3. The molecule has 0 saturated carbocycles. The third kappa shape index (κ3) is 6.46. The SMILES string of the molecule is CN=C(NCCSC)NC(C)Cc1c(C)nn(C)c1C.I. The maximum Gasteiger partial charge on any atom is 0.191 e. The number of aliphatic imine (C=N–C) groups is 1. The van der Waals surface area contributed by atoms with Crippen molar-refractivity contribution in [1.29, 1.82) is 0 Å². The van der Waals surface area contributed by atoms with Crippen molar-refractivity contribution < 1.29 is 0 Å². The molecule has 0 saturated heterocycles. The molecule has 0 aliphatic rings. The van der Waals surface area contributed by atoms with E-state index in [-0.39, 0.29) is 24.0 Å². The molecule has 1 aromatic heterocycles. The summed E-state index contributed by atoms with van der Waals surface area (Å²) in [6, 6.07) is 0.317. The molecule has 0 aliphatic heterocycles. The number of aromatic nitrogens is 2. The van der Waals surface area contributed by atoms with Gasteiger partial charge in [-0.3, -0.25) is 9.67 Å². The Kier molecular flexibility index (Phi) is 10.1. The Morgan fingerprint density at radius 2 is 2.10 bits per heavy atom. The minimum atomic E-state index is 0. The number of aryl methyl sites for hydroxylation is 2. The van der Waals surface area contributed by atoms with Gasteiger partial charge in [0.05, 0.1) is 5.69 Å². The lowest BCUT2D eigenvalue weighted by atomic mass is 10.1. The Morgan fingerprint density at radius 1 is 1.43 bits per heavy atom. The van der Waals surface area contributed by atoms with Crippen LogP contribution >= 0.6 is 35.7 Å². The van der Waals surface area contributed by atoms with E-state index in [9.17, 15) is 0 Å². The summed E-state index contributed by atoms with van der Waals surface area (Å²) in [6.07, 6.45) is 3.06. The Balaban J connectivity index is 0.00000400. The third-order valence-corrected chi connectivity index (χ3v) is 3.99. The molecule has 122 valence electrons. The molecule has 1 aromatic rings. The Morgan fingerprint density at radius 3 is 2.57 bits per heavy atom. The molecule has 1 heterocycles. The van der Waals surface area contributed by atoms with Crippen LogP contribution in [0.15, 0.2) is 4.99 Å². The average Bonchev–Trinajstić information content (AvgIpc) is 2.64. The second-order valence-electron chi connectivity index (χ2n) is 5.01. The number of hydrogen-bond donors (Lipinski definition) is 2. The number of hydrogen-bond acceptors (Lipinski definition) is 3. The number of thioether (sulfide) groups is 1. The van der Waals surface area contributed by atoms with E-state index < -0.39 is 0 Å². The number of nitrogens with one attached hydrogen (secondary N) is 2. The third-order valence-electron chi connectivity index (χ3n) is 3.37. The van der Waals surface area contributed by atoms with Gasteiger partial charge in [0, 0.05) is 38.1 Å². The summed E-state index contributed by atoms with van der Waals surface area (Å²) in [4.78, 5) is 4.26. The standard InChI is InChI=1S/C14H27N5S.HI/c1-10(17-14(15-4)16-7-8-20-6)9-13-11(2)18-19(5)12(13)3;/h10H,7-9H2,1-6H3,(H2,15,16,17);1H. The van der Waals surface area contributed by atoms with Crippen LogP contribution in [-0.4, -0.2) is 47.4 Å². The summed E-state index contributed by atoms with van der Waals surface area (Å²) in [5.74, 6) is 1.95. The van der Waals surface area contributed by atoms with Gasteiger partial charge in [-0.1, -0.05) is 0 Å². The lowest BCUT2D eigenvalue weighted by Crippen LogP contribution is -2.43. The van der Waals surface area contributed by atoms with E-state index in [1.54, 1.807) is 0 Å². The van der Waals surface area contributed by atoms with Crippen LogP contribution < -0.4 is 10.6 Å². The molecule has 5 nitrogen and oxygen atoms in total. The quantitative estimate of drug-likeness (QED) is 0.317. The van der Waals surface area contributed by atoms with Gasteiger partial charge in [0.25, 0.3) is 0 Å². The highest BCUT2D eigenvalue weighted by atomic mass is 127. The van der Waals surface area contributed by atoms with Gasteiger partial charge in [0.2, 0.25) is 0 Å². The normalized spacial score (nSPS) is 12.8. The molecule has 0 amide bonds. The van der Waals surface area contributed by atoms with E-state index in [0.29, 0.717) is 6.04 Å². The van der Waals surface area contributed by atoms with Crippen LogP contribution in [0.2, 0.25) is 0 Å². The lowest BCUT2D eigenvalue weighted by Gasteiger charge is -2.18. The Bertz CT molecular complexity index is 458. The van der Waals surface area contributed by atoms with Crippen molar-refractivity contribution in [2.24, 2.45) is 12.0 Å². The monoisotopic (exact) mass is 425 g/mol. The van der Waals surface area contributed by atoms with Gasteiger partial charge in [-0.15, -0.1) is 24.0 Å². The molecule has 0 spiro atoms. The predicted octanol–water partition coefficient (Wildman–Crippen LogP) is 2.11. The average molecular weight is 425 g/mol. The summed E-state index contributed by atoms with van der Waals surface area (Å²) in [5, 5.41) is 11.2. The van der Waals surface area contributed by atoms with E-state index >= 15 is 0 Å². The molecule has 0 radical (unpaired) electrons. The van der Waals surface area contributed by atoms with Gasteiger partial charge in [0.1, 0.15) is 0 Å². The molecule has 2 N–H and O–H groups in total. The van der Waals surface area contributed by atoms with Crippen molar-refractivity contribution in [2.45, 2.75) is 33.2 Å². The molecule has 1 atom stereocenters. The van der Waals surface area contributed by atoms with Crippen molar-refractivity contribution >= 4 is 41.7 Å². The van der Waals surface area contributed by atoms with Crippen LogP contribution in [0.25, 0.3) is 0 Å². The predicted molar refractivity (Wildman–Crippen MR) is 104 cm³/mol. The first-order valence-corrected chi connectivity index (χ1v) is 8.34. The number of guanidine groups is 1. The van der Waals surface area contributed by atoms with Gasteiger partial charge in [-0.25, -0.2) is 0 Å². The molecule has 0 aliphatic carbocycles. The van der Waals surface area contributed by atoms with Crippen LogP contribution in [0, 0.1) is 13.8 Å². The fourth-order valence-electron chi connectivity index (χ4n) is 2.17. The lowest BCUT2D eigenvalue weighted by molar-refractivity contribution is 0.638. The maximum absolute atomic E-state index is 4.46. The zero-order valence-corrected chi connectivity index (χ0v) is 17.0. The molecule has 1 unspecified atom stereocenters. The van der Waals surface area contributed by atoms with E-state index in [2.05, 4.69) is 47.8 Å². The number of rotatable bonds is 6. The van der Waals surface area contributed by atoms with Gasteiger partial charge >= 0.3 is 0 Å². The molecule has 1 rings (SSSR count). The van der Waals surface area contributed by atoms with E-state index in [0.717, 1.165) is 30.4 Å². The van der Waals surface area contributed by atoms with Crippen molar-refractivity contribution in [3.05, 3.63) is 17.0 Å². The highest BCUT2D eigenvalue weighted by Crippen LogP contribution is 2.13. The first-order valence-electron chi connectivity index (χ1n) is 6.94.